The molecule has 5 nitrogen and oxygen atoms in total. The zero-order valence-corrected chi connectivity index (χ0v) is 10.9. The van der Waals surface area contributed by atoms with Crippen molar-refractivity contribution in [3.8, 4) is 0 Å². The Morgan fingerprint density at radius 3 is 2.94 bits per heavy atom. The van der Waals surface area contributed by atoms with Crippen LogP contribution in [0.15, 0.2) is 9.95 Å². The third-order valence-corrected chi connectivity index (χ3v) is 3.03. The van der Waals surface area contributed by atoms with Gasteiger partial charge in [0.25, 0.3) is 0 Å². The third-order valence-electron chi connectivity index (χ3n) is 2.06. The van der Waals surface area contributed by atoms with Gasteiger partial charge in [0.15, 0.2) is 5.16 Å². The molecular formula is C10H20N4OS. The highest BCUT2D eigenvalue weighted by atomic mass is 32.2. The number of nitrogens with zero attached hydrogens (tertiary/aromatic N) is 2. The van der Waals surface area contributed by atoms with Crippen molar-refractivity contribution in [3.05, 3.63) is 10.5 Å². The Labute approximate surface area is 100 Å². The Kier molecular flexibility index (Phi) is 5.62. The monoisotopic (exact) mass is 244 g/mol. The summed E-state index contributed by atoms with van der Waals surface area (Å²) in [5.74, 6) is 0.923. The van der Waals surface area contributed by atoms with E-state index in [0.29, 0.717) is 6.04 Å². The van der Waals surface area contributed by atoms with E-state index >= 15 is 0 Å². The summed E-state index contributed by atoms with van der Waals surface area (Å²) in [5.41, 5.74) is -0.110. The summed E-state index contributed by atoms with van der Waals surface area (Å²) in [4.78, 5) is 11.4. The molecule has 1 rings (SSSR count). The maximum Gasteiger partial charge on any atom is 0.343 e. The normalized spacial score (nSPS) is 11.2. The fourth-order valence-corrected chi connectivity index (χ4v) is 2.17. The van der Waals surface area contributed by atoms with Gasteiger partial charge in [-0.05, 0) is 6.42 Å². The predicted octanol–water partition coefficient (Wildman–Crippen LogP) is 1.07. The minimum absolute atomic E-state index is 0.110. The highest BCUT2D eigenvalue weighted by Gasteiger charge is 2.07. The van der Waals surface area contributed by atoms with E-state index in [4.69, 9.17) is 0 Å². The van der Waals surface area contributed by atoms with E-state index in [-0.39, 0.29) is 5.69 Å². The topological polar surface area (TPSA) is 62.7 Å². The van der Waals surface area contributed by atoms with E-state index < -0.39 is 0 Å². The SMILES string of the molecule is CCCn1c(SCCNC(C)C)n[nH]c1=O. The summed E-state index contributed by atoms with van der Waals surface area (Å²) in [5, 5.41) is 10.6. The molecule has 0 radical (unpaired) electrons. The zero-order chi connectivity index (χ0) is 12.0. The Hall–Kier alpha value is -0.750. The minimum Gasteiger partial charge on any atom is -0.314 e. The van der Waals surface area contributed by atoms with Crippen LogP contribution in [-0.4, -0.2) is 33.1 Å². The Morgan fingerprint density at radius 2 is 2.31 bits per heavy atom. The van der Waals surface area contributed by atoms with Crippen molar-refractivity contribution in [3.63, 3.8) is 0 Å². The van der Waals surface area contributed by atoms with Gasteiger partial charge in [-0.25, -0.2) is 9.89 Å². The smallest absolute Gasteiger partial charge is 0.314 e. The van der Waals surface area contributed by atoms with Gasteiger partial charge >= 0.3 is 5.69 Å². The average Bonchev–Trinajstić information content (AvgIpc) is 2.56. The van der Waals surface area contributed by atoms with Gasteiger partial charge < -0.3 is 5.32 Å². The number of hydrogen-bond donors (Lipinski definition) is 2. The summed E-state index contributed by atoms with van der Waals surface area (Å²) < 4.78 is 1.69. The van der Waals surface area contributed by atoms with Crippen LogP contribution in [0.1, 0.15) is 27.2 Å². The lowest BCUT2D eigenvalue weighted by Gasteiger charge is -2.07. The van der Waals surface area contributed by atoms with Crippen molar-refractivity contribution in [2.45, 2.75) is 44.9 Å². The molecule has 1 aromatic rings. The zero-order valence-electron chi connectivity index (χ0n) is 10.1. The van der Waals surface area contributed by atoms with Crippen LogP contribution < -0.4 is 11.0 Å². The van der Waals surface area contributed by atoms with Gasteiger partial charge in [-0.2, -0.15) is 0 Å². The van der Waals surface area contributed by atoms with Crippen molar-refractivity contribution in [1.29, 1.82) is 0 Å². The van der Waals surface area contributed by atoms with Gasteiger partial charge in [0.2, 0.25) is 0 Å². The molecule has 0 aliphatic rings. The van der Waals surface area contributed by atoms with Crippen LogP contribution in [0.5, 0.6) is 0 Å². The van der Waals surface area contributed by atoms with Crippen LogP contribution >= 0.6 is 11.8 Å². The standard InChI is InChI=1S/C10H20N4OS/c1-4-6-14-9(15)12-13-10(14)16-7-5-11-8(2)3/h8,11H,4-7H2,1-3H3,(H,12,15). The molecule has 0 saturated carbocycles. The lowest BCUT2D eigenvalue weighted by Crippen LogP contribution is -2.25. The Morgan fingerprint density at radius 1 is 1.56 bits per heavy atom. The van der Waals surface area contributed by atoms with Crippen LogP contribution in [0.25, 0.3) is 0 Å². The first kappa shape index (κ1) is 13.3. The van der Waals surface area contributed by atoms with E-state index in [1.165, 1.54) is 0 Å². The molecule has 0 atom stereocenters. The molecule has 0 fully saturated rings. The van der Waals surface area contributed by atoms with Gasteiger partial charge in [0.1, 0.15) is 0 Å². The van der Waals surface area contributed by atoms with E-state index in [1.54, 1.807) is 16.3 Å². The summed E-state index contributed by atoms with van der Waals surface area (Å²) in [6, 6.07) is 0.498. The molecule has 0 aromatic carbocycles. The fourth-order valence-electron chi connectivity index (χ4n) is 1.32. The fraction of sp³-hybridized carbons (Fsp3) is 0.800. The van der Waals surface area contributed by atoms with E-state index in [9.17, 15) is 4.79 Å². The number of nitrogens with one attached hydrogen (secondary N) is 2. The molecular weight excluding hydrogens is 224 g/mol. The molecule has 0 bridgehead atoms. The molecule has 1 aromatic heterocycles. The van der Waals surface area contributed by atoms with Crippen LogP contribution in [0.4, 0.5) is 0 Å². The summed E-state index contributed by atoms with van der Waals surface area (Å²) >= 11 is 1.61. The van der Waals surface area contributed by atoms with Gasteiger partial charge in [-0.3, -0.25) is 4.57 Å². The maximum absolute atomic E-state index is 11.4. The van der Waals surface area contributed by atoms with Crippen LogP contribution in [0, 0.1) is 0 Å². The molecule has 1 heterocycles. The molecule has 2 N–H and O–H groups in total. The summed E-state index contributed by atoms with van der Waals surface area (Å²) in [6.07, 6.45) is 0.942. The first-order valence-electron chi connectivity index (χ1n) is 5.66. The third kappa shape index (κ3) is 4.02. The number of rotatable bonds is 7. The number of H-pyrrole nitrogens is 1. The summed E-state index contributed by atoms with van der Waals surface area (Å²) in [7, 11) is 0. The summed E-state index contributed by atoms with van der Waals surface area (Å²) in [6.45, 7) is 7.94. The first-order chi connectivity index (χ1) is 7.65. The molecule has 0 saturated heterocycles. The lowest BCUT2D eigenvalue weighted by atomic mass is 10.4. The molecule has 16 heavy (non-hydrogen) atoms. The Bertz CT molecular complexity index is 358. The molecule has 6 heteroatoms. The maximum atomic E-state index is 11.4. The van der Waals surface area contributed by atoms with Crippen molar-refractivity contribution >= 4 is 11.8 Å². The van der Waals surface area contributed by atoms with Gasteiger partial charge in [0.05, 0.1) is 0 Å². The second-order valence-electron chi connectivity index (χ2n) is 3.92. The molecule has 0 amide bonds. The largest absolute Gasteiger partial charge is 0.343 e. The molecule has 92 valence electrons. The van der Waals surface area contributed by atoms with Gasteiger partial charge in [0, 0.05) is 24.9 Å². The number of thioether (sulfide) groups is 1. The lowest BCUT2D eigenvalue weighted by molar-refractivity contribution is 0.600. The average molecular weight is 244 g/mol. The van der Waals surface area contributed by atoms with Gasteiger partial charge in [-0.1, -0.05) is 32.5 Å². The Balaban J connectivity index is 2.44. The quantitative estimate of drug-likeness (QED) is 0.556. The molecule has 0 unspecified atom stereocenters. The van der Waals surface area contributed by atoms with E-state index in [2.05, 4.69) is 29.4 Å². The first-order valence-corrected chi connectivity index (χ1v) is 6.65. The van der Waals surface area contributed by atoms with Crippen LogP contribution in [-0.2, 0) is 6.54 Å². The number of hydrogen-bond acceptors (Lipinski definition) is 4. The number of aromatic nitrogens is 3. The highest BCUT2D eigenvalue weighted by Crippen LogP contribution is 2.12. The van der Waals surface area contributed by atoms with Crippen molar-refractivity contribution < 1.29 is 0 Å². The van der Waals surface area contributed by atoms with E-state index in [1.807, 2.05) is 6.92 Å². The minimum atomic E-state index is -0.110. The highest BCUT2D eigenvalue weighted by molar-refractivity contribution is 7.99. The van der Waals surface area contributed by atoms with Crippen molar-refractivity contribution in [2.75, 3.05) is 12.3 Å². The van der Waals surface area contributed by atoms with Crippen LogP contribution in [0.3, 0.4) is 0 Å². The van der Waals surface area contributed by atoms with E-state index in [0.717, 1.165) is 30.4 Å². The molecule has 0 aliphatic heterocycles. The molecule has 0 aliphatic carbocycles. The number of aromatic amines is 1. The van der Waals surface area contributed by atoms with Crippen molar-refractivity contribution in [1.82, 2.24) is 20.1 Å². The predicted molar refractivity (Wildman–Crippen MR) is 67.0 cm³/mol. The second kappa shape index (κ2) is 6.75. The van der Waals surface area contributed by atoms with Gasteiger partial charge in [-0.15, -0.1) is 5.10 Å². The van der Waals surface area contributed by atoms with Crippen molar-refractivity contribution in [2.24, 2.45) is 0 Å². The second-order valence-corrected chi connectivity index (χ2v) is 4.98. The van der Waals surface area contributed by atoms with Crippen LogP contribution in [0.2, 0.25) is 0 Å². The molecule has 0 spiro atoms.